The van der Waals surface area contributed by atoms with Gasteiger partial charge in [-0.3, -0.25) is 5.10 Å². The summed E-state index contributed by atoms with van der Waals surface area (Å²) in [5, 5.41) is 7.96. The molecule has 1 heterocycles. The molecule has 0 aliphatic carbocycles. The highest BCUT2D eigenvalue weighted by Gasteiger charge is 2.27. The molecule has 0 saturated heterocycles. The lowest BCUT2D eigenvalue weighted by molar-refractivity contribution is 0.287. The molecule has 3 aromatic carbocycles. The third kappa shape index (κ3) is 3.45. The van der Waals surface area contributed by atoms with E-state index in [1.54, 1.807) is 18.2 Å². The second-order valence-electron chi connectivity index (χ2n) is 6.82. The average molecular weight is 413 g/mol. The maximum Gasteiger partial charge on any atom is 0.226 e. The first-order valence-corrected chi connectivity index (χ1v) is 10.7. The van der Waals surface area contributed by atoms with E-state index in [2.05, 4.69) is 10.2 Å². The van der Waals surface area contributed by atoms with Crippen LogP contribution in [0, 0.1) is 5.82 Å². The van der Waals surface area contributed by atoms with Crippen LogP contribution in [0.5, 0.6) is 5.75 Å². The van der Waals surface area contributed by atoms with Gasteiger partial charge in [0.2, 0.25) is 9.84 Å². The normalized spacial score (nSPS) is 13.1. The fraction of sp³-hybridized carbons (Fsp3) is 0.190. The Hall–Kier alpha value is -2.97. The topological polar surface area (TPSA) is 98.1 Å². The number of fused-ring (bicyclic) bond motifs is 2. The van der Waals surface area contributed by atoms with Crippen molar-refractivity contribution in [1.82, 2.24) is 10.2 Å². The van der Waals surface area contributed by atoms with E-state index in [0.717, 1.165) is 11.5 Å². The van der Waals surface area contributed by atoms with E-state index in [-0.39, 0.29) is 33.7 Å². The number of H-pyrrole nitrogens is 1. The number of aromatic nitrogens is 2. The Morgan fingerprint density at radius 3 is 2.69 bits per heavy atom. The molecule has 29 heavy (non-hydrogen) atoms. The van der Waals surface area contributed by atoms with Gasteiger partial charge in [0.25, 0.3) is 0 Å². The number of rotatable bonds is 6. The lowest BCUT2D eigenvalue weighted by atomic mass is 10.1. The fourth-order valence-electron chi connectivity index (χ4n) is 3.20. The quantitative estimate of drug-likeness (QED) is 0.501. The highest BCUT2D eigenvalue weighted by atomic mass is 32.2. The van der Waals surface area contributed by atoms with Crippen molar-refractivity contribution >= 4 is 31.5 Å². The number of aromatic amines is 1. The molecule has 150 valence electrons. The number of nitrogens with one attached hydrogen (secondary N) is 1. The highest BCUT2D eigenvalue weighted by molar-refractivity contribution is 7.91. The number of sulfone groups is 1. The molecule has 4 rings (SSSR count). The van der Waals surface area contributed by atoms with Crippen molar-refractivity contribution in [2.24, 2.45) is 5.73 Å². The fourth-order valence-corrected chi connectivity index (χ4v) is 4.76. The van der Waals surface area contributed by atoms with E-state index >= 15 is 0 Å². The largest absolute Gasteiger partial charge is 0.490 e. The van der Waals surface area contributed by atoms with Crippen LogP contribution in [0.25, 0.3) is 21.7 Å². The number of nitrogens with zero attached hydrogens (tertiary/aromatic N) is 1. The van der Waals surface area contributed by atoms with Crippen LogP contribution in [0.2, 0.25) is 0 Å². The molecule has 3 N–H and O–H groups in total. The van der Waals surface area contributed by atoms with Crippen molar-refractivity contribution in [3.63, 3.8) is 0 Å². The number of halogens is 1. The first-order chi connectivity index (χ1) is 13.9. The first-order valence-electron chi connectivity index (χ1n) is 9.20. The summed E-state index contributed by atoms with van der Waals surface area (Å²) in [5.74, 6) is -0.441. The van der Waals surface area contributed by atoms with Crippen LogP contribution < -0.4 is 10.5 Å². The summed E-state index contributed by atoms with van der Waals surface area (Å²) in [6.07, 6.45) is 0.697. The van der Waals surface area contributed by atoms with Crippen LogP contribution in [0.1, 0.15) is 13.3 Å². The van der Waals surface area contributed by atoms with Crippen LogP contribution in [0.4, 0.5) is 4.39 Å². The summed E-state index contributed by atoms with van der Waals surface area (Å²) in [6, 6.07) is 14.3. The summed E-state index contributed by atoms with van der Waals surface area (Å²) >= 11 is 0. The van der Waals surface area contributed by atoms with E-state index < -0.39 is 15.7 Å². The number of ether oxygens (including phenoxy) is 1. The molecule has 0 aliphatic rings. The lowest BCUT2D eigenvalue weighted by Crippen LogP contribution is -2.26. The predicted molar refractivity (Wildman–Crippen MR) is 109 cm³/mol. The van der Waals surface area contributed by atoms with E-state index in [1.807, 2.05) is 25.1 Å². The Bertz CT molecular complexity index is 1300. The molecule has 0 bridgehead atoms. The molecule has 0 saturated carbocycles. The molecule has 1 unspecified atom stereocenters. The smallest absolute Gasteiger partial charge is 0.226 e. The second kappa shape index (κ2) is 7.46. The maximum atomic E-state index is 14.3. The summed E-state index contributed by atoms with van der Waals surface area (Å²) in [7, 11) is -4.01. The number of hydrogen-bond acceptors (Lipinski definition) is 5. The molecule has 0 radical (unpaired) electrons. The molecule has 0 amide bonds. The molecule has 4 aromatic rings. The summed E-state index contributed by atoms with van der Waals surface area (Å²) in [4.78, 5) is 0.115. The molecular formula is C21H20FN3O3S. The van der Waals surface area contributed by atoms with Gasteiger partial charge in [-0.25, -0.2) is 12.8 Å². The van der Waals surface area contributed by atoms with Crippen molar-refractivity contribution in [1.29, 1.82) is 0 Å². The molecular weight excluding hydrogens is 393 g/mol. The van der Waals surface area contributed by atoms with Gasteiger partial charge in [0, 0.05) is 22.9 Å². The average Bonchev–Trinajstić information content (AvgIpc) is 3.15. The van der Waals surface area contributed by atoms with E-state index in [9.17, 15) is 12.8 Å². The number of hydrogen-bond donors (Lipinski definition) is 2. The summed E-state index contributed by atoms with van der Waals surface area (Å²) < 4.78 is 46.7. The van der Waals surface area contributed by atoms with E-state index in [1.165, 1.54) is 12.1 Å². The standard InChI is InChI=1S/C21H20FN3O3S/c1-2-15(23)12-28-18-11-14(22)10-17-20(18)24-25-21(17)29(26,27)19-9-5-7-13-6-3-4-8-16(13)19/h3-11,15H,2,12,23H2,1H3,(H,24,25). The zero-order chi connectivity index (χ0) is 20.6. The van der Waals surface area contributed by atoms with Gasteiger partial charge < -0.3 is 10.5 Å². The van der Waals surface area contributed by atoms with Gasteiger partial charge in [0.15, 0.2) is 5.03 Å². The zero-order valence-corrected chi connectivity index (χ0v) is 16.5. The van der Waals surface area contributed by atoms with Gasteiger partial charge in [-0.05, 0) is 23.9 Å². The molecule has 0 spiro atoms. The lowest BCUT2D eigenvalue weighted by Gasteiger charge is -2.12. The Kier molecular flexibility index (Phi) is 4.97. The van der Waals surface area contributed by atoms with E-state index in [4.69, 9.17) is 10.5 Å². The zero-order valence-electron chi connectivity index (χ0n) is 15.7. The summed E-state index contributed by atoms with van der Waals surface area (Å²) in [5.41, 5.74) is 6.18. The molecule has 6 nitrogen and oxygen atoms in total. The molecule has 1 aromatic heterocycles. The summed E-state index contributed by atoms with van der Waals surface area (Å²) in [6.45, 7) is 2.10. The van der Waals surface area contributed by atoms with Gasteiger partial charge in [0.1, 0.15) is 23.7 Å². The molecule has 1 atom stereocenters. The molecule has 0 fully saturated rings. The predicted octanol–water partition coefficient (Wildman–Crippen LogP) is 3.80. The van der Waals surface area contributed by atoms with Crippen molar-refractivity contribution in [3.05, 3.63) is 60.4 Å². The number of nitrogens with two attached hydrogens (primary N) is 1. The monoisotopic (exact) mass is 413 g/mol. The highest BCUT2D eigenvalue weighted by Crippen LogP contribution is 2.34. The van der Waals surface area contributed by atoms with Gasteiger partial charge in [-0.15, -0.1) is 0 Å². The van der Waals surface area contributed by atoms with Gasteiger partial charge >= 0.3 is 0 Å². The Labute approximate surface area is 167 Å². The number of benzene rings is 3. The Balaban J connectivity index is 1.86. The third-order valence-corrected chi connectivity index (χ3v) is 6.59. The Morgan fingerprint density at radius 1 is 1.14 bits per heavy atom. The minimum absolute atomic E-state index is 0.115. The van der Waals surface area contributed by atoms with Crippen LogP contribution in [0.15, 0.2) is 64.5 Å². The van der Waals surface area contributed by atoms with Crippen LogP contribution in [0.3, 0.4) is 0 Å². The van der Waals surface area contributed by atoms with Crippen LogP contribution in [-0.2, 0) is 9.84 Å². The van der Waals surface area contributed by atoms with Crippen molar-refractivity contribution in [2.45, 2.75) is 29.3 Å². The maximum absolute atomic E-state index is 14.3. The first kappa shape index (κ1) is 19.4. The van der Waals surface area contributed by atoms with Crippen molar-refractivity contribution < 1.29 is 17.5 Å². The van der Waals surface area contributed by atoms with Gasteiger partial charge in [0.05, 0.1) is 4.90 Å². The molecule has 0 aliphatic heterocycles. The van der Waals surface area contributed by atoms with Gasteiger partial charge in [-0.2, -0.15) is 5.10 Å². The molecule has 8 heteroatoms. The van der Waals surface area contributed by atoms with E-state index in [0.29, 0.717) is 17.3 Å². The third-order valence-electron chi connectivity index (χ3n) is 4.84. The van der Waals surface area contributed by atoms with Crippen molar-refractivity contribution in [3.8, 4) is 5.75 Å². The second-order valence-corrected chi connectivity index (χ2v) is 8.65. The SMILES string of the molecule is CCC(N)COc1cc(F)cc2c(S(=O)(=O)c3cccc4ccccc34)n[nH]c12. The Morgan fingerprint density at radius 2 is 1.90 bits per heavy atom. The van der Waals surface area contributed by atoms with Crippen LogP contribution in [-0.4, -0.2) is 31.3 Å². The minimum atomic E-state index is -4.01. The van der Waals surface area contributed by atoms with Crippen LogP contribution >= 0.6 is 0 Å². The van der Waals surface area contributed by atoms with Gasteiger partial charge in [-0.1, -0.05) is 43.3 Å². The van der Waals surface area contributed by atoms with Crippen molar-refractivity contribution in [2.75, 3.05) is 6.61 Å². The minimum Gasteiger partial charge on any atom is -0.490 e.